The van der Waals surface area contributed by atoms with E-state index in [0.29, 0.717) is 45.9 Å². The first-order valence-corrected chi connectivity index (χ1v) is 9.99. The number of nitrogens with one attached hydrogen (secondary N) is 1. The Hall–Kier alpha value is -2.38. The fraction of sp³-hybridized carbons (Fsp3) is 0.524. The average molecular weight is 384 g/mol. The third-order valence-corrected chi connectivity index (χ3v) is 5.94. The maximum atomic E-state index is 12.9. The van der Waals surface area contributed by atoms with Crippen LogP contribution in [0.4, 0.5) is 0 Å². The van der Waals surface area contributed by atoms with Gasteiger partial charge < -0.3 is 19.5 Å². The van der Waals surface area contributed by atoms with Gasteiger partial charge in [0.05, 0.1) is 19.8 Å². The van der Waals surface area contributed by atoms with Crippen molar-refractivity contribution in [1.82, 2.24) is 19.7 Å². The van der Waals surface area contributed by atoms with Crippen LogP contribution in [0, 0.1) is 13.8 Å². The topological polar surface area (TPSA) is 68.9 Å². The van der Waals surface area contributed by atoms with Crippen LogP contribution < -0.4 is 0 Å². The molecule has 28 heavy (non-hydrogen) atoms. The van der Waals surface area contributed by atoms with Crippen molar-refractivity contribution in [3.8, 4) is 0 Å². The van der Waals surface area contributed by atoms with E-state index in [2.05, 4.69) is 16.8 Å². The van der Waals surface area contributed by atoms with E-state index in [9.17, 15) is 9.59 Å². The Kier molecular flexibility index (Phi) is 5.37. The number of ether oxygens (including phenoxy) is 1. The molecule has 1 aromatic heterocycles. The summed E-state index contributed by atoms with van der Waals surface area (Å²) in [6.45, 7) is 9.92. The molecule has 2 aromatic rings. The molecule has 0 unspecified atom stereocenters. The number of aromatic nitrogens is 1. The molecule has 1 aromatic carbocycles. The van der Waals surface area contributed by atoms with Crippen LogP contribution in [0.1, 0.15) is 21.6 Å². The molecule has 2 aliphatic rings. The average Bonchev–Trinajstić information content (AvgIpc) is 3.02. The van der Waals surface area contributed by atoms with Gasteiger partial charge in [-0.3, -0.25) is 14.5 Å². The number of carbonyl (C=O) groups is 2. The highest BCUT2D eigenvalue weighted by Crippen LogP contribution is 2.23. The summed E-state index contributed by atoms with van der Waals surface area (Å²) >= 11 is 0. The molecule has 3 heterocycles. The smallest absolute Gasteiger partial charge is 0.253 e. The Balaban J connectivity index is 1.35. The van der Waals surface area contributed by atoms with Crippen molar-refractivity contribution >= 4 is 22.7 Å². The normalized spacial score (nSPS) is 18.6. The molecule has 2 saturated heterocycles. The van der Waals surface area contributed by atoms with Gasteiger partial charge in [0.1, 0.15) is 0 Å². The van der Waals surface area contributed by atoms with Gasteiger partial charge >= 0.3 is 0 Å². The Morgan fingerprint density at radius 2 is 1.71 bits per heavy atom. The Morgan fingerprint density at radius 3 is 2.43 bits per heavy atom. The Morgan fingerprint density at radius 1 is 1.00 bits per heavy atom. The molecule has 0 atom stereocenters. The van der Waals surface area contributed by atoms with Crippen molar-refractivity contribution in [2.75, 3.05) is 59.0 Å². The summed E-state index contributed by atoms with van der Waals surface area (Å²) in [5, 5.41) is 1.11. The molecule has 2 aliphatic heterocycles. The van der Waals surface area contributed by atoms with Gasteiger partial charge in [-0.1, -0.05) is 0 Å². The van der Waals surface area contributed by atoms with E-state index in [1.807, 2.05) is 34.9 Å². The molecular weight excluding hydrogens is 356 g/mol. The molecular formula is C21H28N4O3. The number of aromatic amines is 1. The molecule has 0 spiro atoms. The molecule has 150 valence electrons. The molecule has 0 radical (unpaired) electrons. The Labute approximate surface area is 165 Å². The summed E-state index contributed by atoms with van der Waals surface area (Å²) in [5.74, 6) is 0.228. The van der Waals surface area contributed by atoms with Crippen molar-refractivity contribution in [2.45, 2.75) is 13.8 Å². The lowest BCUT2D eigenvalue weighted by Gasteiger charge is -2.36. The van der Waals surface area contributed by atoms with Crippen LogP contribution in [0.3, 0.4) is 0 Å². The first-order chi connectivity index (χ1) is 13.5. The number of H-pyrrole nitrogens is 1. The first kappa shape index (κ1) is 19.0. The van der Waals surface area contributed by atoms with Crippen molar-refractivity contribution in [1.29, 1.82) is 0 Å². The lowest BCUT2D eigenvalue weighted by atomic mass is 10.1. The monoisotopic (exact) mass is 384 g/mol. The highest BCUT2D eigenvalue weighted by molar-refractivity contribution is 5.99. The highest BCUT2D eigenvalue weighted by Gasteiger charge is 2.25. The van der Waals surface area contributed by atoms with E-state index >= 15 is 0 Å². The van der Waals surface area contributed by atoms with Gasteiger partial charge in [0.15, 0.2) is 0 Å². The number of carbonyl (C=O) groups excluding carboxylic acids is 2. The highest BCUT2D eigenvalue weighted by atomic mass is 16.5. The summed E-state index contributed by atoms with van der Waals surface area (Å²) < 4.78 is 5.30. The molecule has 2 amide bonds. The third kappa shape index (κ3) is 3.77. The number of piperazine rings is 1. The second kappa shape index (κ2) is 7.93. The van der Waals surface area contributed by atoms with E-state index in [4.69, 9.17) is 4.74 Å². The predicted molar refractivity (Wildman–Crippen MR) is 108 cm³/mol. The lowest BCUT2D eigenvalue weighted by Crippen LogP contribution is -2.52. The maximum Gasteiger partial charge on any atom is 0.253 e. The van der Waals surface area contributed by atoms with E-state index in [-0.39, 0.29) is 11.8 Å². The second-order valence-electron chi connectivity index (χ2n) is 7.70. The molecule has 7 heteroatoms. The number of rotatable bonds is 3. The van der Waals surface area contributed by atoms with E-state index in [1.165, 1.54) is 5.56 Å². The van der Waals surface area contributed by atoms with Crippen molar-refractivity contribution in [2.24, 2.45) is 0 Å². The van der Waals surface area contributed by atoms with Crippen molar-refractivity contribution < 1.29 is 14.3 Å². The zero-order valence-electron chi connectivity index (χ0n) is 16.7. The lowest BCUT2D eigenvalue weighted by molar-refractivity contribution is -0.136. The van der Waals surface area contributed by atoms with Gasteiger partial charge in [0.2, 0.25) is 5.91 Å². The quantitative estimate of drug-likeness (QED) is 0.869. The van der Waals surface area contributed by atoms with Crippen LogP contribution in [0.15, 0.2) is 18.2 Å². The van der Waals surface area contributed by atoms with Crippen LogP contribution in [0.2, 0.25) is 0 Å². The minimum Gasteiger partial charge on any atom is -0.378 e. The fourth-order valence-corrected chi connectivity index (χ4v) is 3.99. The van der Waals surface area contributed by atoms with Gasteiger partial charge in [0.25, 0.3) is 5.91 Å². The van der Waals surface area contributed by atoms with Gasteiger partial charge in [0, 0.05) is 61.4 Å². The molecule has 7 nitrogen and oxygen atoms in total. The summed E-state index contributed by atoms with van der Waals surface area (Å²) in [5.41, 5.74) is 4.12. The molecule has 4 rings (SSSR count). The van der Waals surface area contributed by atoms with Crippen LogP contribution in [0.5, 0.6) is 0 Å². The number of fused-ring (bicyclic) bond motifs is 1. The largest absolute Gasteiger partial charge is 0.378 e. The van der Waals surface area contributed by atoms with Gasteiger partial charge in [-0.2, -0.15) is 0 Å². The number of amides is 2. The summed E-state index contributed by atoms with van der Waals surface area (Å²) in [7, 11) is 0. The van der Waals surface area contributed by atoms with Crippen LogP contribution in [0.25, 0.3) is 10.9 Å². The summed E-state index contributed by atoms with van der Waals surface area (Å²) in [4.78, 5) is 34.6. The van der Waals surface area contributed by atoms with E-state index in [0.717, 1.165) is 35.2 Å². The molecule has 0 saturated carbocycles. The zero-order valence-corrected chi connectivity index (χ0v) is 16.7. The number of morpholine rings is 1. The van der Waals surface area contributed by atoms with Crippen LogP contribution in [-0.2, 0) is 9.53 Å². The number of benzene rings is 1. The summed E-state index contributed by atoms with van der Waals surface area (Å²) in [6, 6.07) is 5.87. The fourth-order valence-electron chi connectivity index (χ4n) is 3.99. The number of nitrogens with zero attached hydrogens (tertiary/aromatic N) is 3. The van der Waals surface area contributed by atoms with Gasteiger partial charge in [-0.05, 0) is 37.6 Å². The molecule has 0 aliphatic carbocycles. The number of hydrogen-bond donors (Lipinski definition) is 1. The van der Waals surface area contributed by atoms with E-state index < -0.39 is 0 Å². The standard InChI is InChI=1S/C21H28N4O3/c1-15-16(2)22-19-4-3-17(13-18(15)19)21(27)25-7-5-23(6-8-25)14-20(26)24-9-11-28-12-10-24/h3-4,13,22H,5-12,14H2,1-2H3. The molecule has 1 N–H and O–H groups in total. The number of hydrogen-bond acceptors (Lipinski definition) is 4. The van der Waals surface area contributed by atoms with Crippen LogP contribution in [-0.4, -0.2) is 90.5 Å². The SMILES string of the molecule is Cc1[nH]c2ccc(C(=O)N3CCN(CC(=O)N4CCOCC4)CC3)cc2c1C. The number of aryl methyl sites for hydroxylation is 2. The third-order valence-electron chi connectivity index (χ3n) is 5.94. The first-order valence-electron chi connectivity index (χ1n) is 9.99. The van der Waals surface area contributed by atoms with E-state index in [1.54, 1.807) is 0 Å². The maximum absolute atomic E-state index is 12.9. The van der Waals surface area contributed by atoms with Crippen molar-refractivity contribution in [3.05, 3.63) is 35.0 Å². The minimum atomic E-state index is 0.0688. The minimum absolute atomic E-state index is 0.0688. The molecule has 2 fully saturated rings. The zero-order chi connectivity index (χ0) is 19.7. The van der Waals surface area contributed by atoms with Crippen molar-refractivity contribution in [3.63, 3.8) is 0 Å². The summed E-state index contributed by atoms with van der Waals surface area (Å²) in [6.07, 6.45) is 0. The Bertz CT molecular complexity index is 877. The van der Waals surface area contributed by atoms with Crippen LogP contribution >= 0.6 is 0 Å². The predicted octanol–water partition coefficient (Wildman–Crippen LogP) is 1.40. The van der Waals surface area contributed by atoms with Gasteiger partial charge in [-0.25, -0.2) is 0 Å². The second-order valence-corrected chi connectivity index (χ2v) is 7.70. The molecule has 0 bridgehead atoms. The van der Waals surface area contributed by atoms with Gasteiger partial charge in [-0.15, -0.1) is 0 Å².